The Balaban J connectivity index is 2.15. The van der Waals surface area contributed by atoms with E-state index in [2.05, 4.69) is 0 Å². The zero-order valence-electron chi connectivity index (χ0n) is 10.9. The second-order valence-electron chi connectivity index (χ2n) is 4.79. The zero-order valence-corrected chi connectivity index (χ0v) is 10.9. The van der Waals surface area contributed by atoms with Crippen LogP contribution in [0.2, 0.25) is 0 Å². The summed E-state index contributed by atoms with van der Waals surface area (Å²) in [5.74, 6) is -0.0677. The van der Waals surface area contributed by atoms with Crippen LogP contribution in [0, 0.1) is 6.92 Å². The number of hydrogen-bond acceptors (Lipinski definition) is 7. The van der Waals surface area contributed by atoms with E-state index < -0.39 is 37.3 Å². The summed E-state index contributed by atoms with van der Waals surface area (Å²) in [5.41, 5.74) is 0.823. The van der Waals surface area contributed by atoms with Gasteiger partial charge in [0.2, 0.25) is 6.29 Å². The maximum Gasteiger partial charge on any atom is 0.229 e. The van der Waals surface area contributed by atoms with Gasteiger partial charge < -0.3 is 35.0 Å². The number of phenols is 1. The second-order valence-corrected chi connectivity index (χ2v) is 4.79. The van der Waals surface area contributed by atoms with Gasteiger partial charge >= 0.3 is 0 Å². The van der Waals surface area contributed by atoms with E-state index in [1.54, 1.807) is 13.0 Å². The number of rotatable bonds is 3. The van der Waals surface area contributed by atoms with Gasteiger partial charge in [-0.3, -0.25) is 0 Å². The standard InChI is InChI=1S/C13H18O7/c1-6-2-3-8(7(15)4-6)19-13-12(18)11(17)10(16)9(5-14)20-13/h2-4,9-18H,5H2,1H3/t9-,10-,11+,12-,13-/m1/s1. The lowest BCUT2D eigenvalue weighted by molar-refractivity contribution is -0.277. The molecule has 0 saturated carbocycles. The zero-order chi connectivity index (χ0) is 14.9. The molecule has 0 aliphatic carbocycles. The molecular formula is C13H18O7. The summed E-state index contributed by atoms with van der Waals surface area (Å²) in [4.78, 5) is 0. The van der Waals surface area contributed by atoms with Crippen molar-refractivity contribution in [2.24, 2.45) is 0 Å². The van der Waals surface area contributed by atoms with Crippen molar-refractivity contribution in [2.75, 3.05) is 6.61 Å². The smallest absolute Gasteiger partial charge is 0.229 e. The Labute approximate surface area is 115 Å². The summed E-state index contributed by atoms with van der Waals surface area (Å²) < 4.78 is 10.5. The fourth-order valence-corrected chi connectivity index (χ4v) is 2.02. The number of hydrogen-bond donors (Lipinski definition) is 5. The molecule has 1 aliphatic heterocycles. The van der Waals surface area contributed by atoms with Crippen molar-refractivity contribution in [3.05, 3.63) is 23.8 Å². The van der Waals surface area contributed by atoms with Gasteiger partial charge in [0.15, 0.2) is 11.5 Å². The van der Waals surface area contributed by atoms with Gasteiger partial charge in [-0.15, -0.1) is 0 Å². The van der Waals surface area contributed by atoms with Crippen molar-refractivity contribution in [1.29, 1.82) is 0 Å². The molecule has 7 nitrogen and oxygen atoms in total. The topological polar surface area (TPSA) is 120 Å². The van der Waals surface area contributed by atoms with Crippen LogP contribution in [0.15, 0.2) is 18.2 Å². The Morgan fingerprint density at radius 2 is 1.85 bits per heavy atom. The molecule has 7 heteroatoms. The largest absolute Gasteiger partial charge is 0.504 e. The highest BCUT2D eigenvalue weighted by Crippen LogP contribution is 2.30. The molecule has 1 aliphatic rings. The molecule has 5 atom stereocenters. The van der Waals surface area contributed by atoms with Crippen molar-refractivity contribution >= 4 is 0 Å². The third kappa shape index (κ3) is 2.87. The van der Waals surface area contributed by atoms with Crippen LogP contribution in [-0.4, -0.2) is 62.8 Å². The molecule has 2 rings (SSSR count). The van der Waals surface area contributed by atoms with Crippen LogP contribution >= 0.6 is 0 Å². The second kappa shape index (κ2) is 5.94. The van der Waals surface area contributed by atoms with Crippen LogP contribution in [0.5, 0.6) is 11.5 Å². The molecule has 0 unspecified atom stereocenters. The van der Waals surface area contributed by atoms with Crippen LogP contribution < -0.4 is 4.74 Å². The average molecular weight is 286 g/mol. The Morgan fingerprint density at radius 1 is 1.15 bits per heavy atom. The van der Waals surface area contributed by atoms with Gasteiger partial charge in [0.05, 0.1) is 6.61 Å². The van der Waals surface area contributed by atoms with Crippen molar-refractivity contribution in [1.82, 2.24) is 0 Å². The number of phenolic OH excluding ortho intramolecular Hbond substituents is 1. The third-order valence-electron chi connectivity index (χ3n) is 3.21. The average Bonchev–Trinajstić information content (AvgIpc) is 2.42. The van der Waals surface area contributed by atoms with Crippen LogP contribution in [0.4, 0.5) is 0 Å². The van der Waals surface area contributed by atoms with E-state index in [4.69, 9.17) is 14.6 Å². The van der Waals surface area contributed by atoms with E-state index >= 15 is 0 Å². The maximum atomic E-state index is 9.80. The summed E-state index contributed by atoms with van der Waals surface area (Å²) in [6.45, 7) is 1.25. The molecule has 1 aromatic rings. The highest BCUT2D eigenvalue weighted by Gasteiger charge is 2.44. The van der Waals surface area contributed by atoms with Crippen molar-refractivity contribution in [3.8, 4) is 11.5 Å². The molecule has 0 amide bonds. The summed E-state index contributed by atoms with van der Waals surface area (Å²) in [6, 6.07) is 4.66. The normalized spacial score (nSPS) is 34.0. The van der Waals surface area contributed by atoms with Crippen LogP contribution in [-0.2, 0) is 4.74 Å². The fourth-order valence-electron chi connectivity index (χ4n) is 2.02. The predicted molar refractivity (Wildman–Crippen MR) is 67.2 cm³/mol. The summed E-state index contributed by atoms with van der Waals surface area (Å²) in [5, 5.41) is 47.8. The van der Waals surface area contributed by atoms with E-state index in [1.807, 2.05) is 0 Å². The van der Waals surface area contributed by atoms with Gasteiger partial charge in [0.1, 0.15) is 24.4 Å². The molecule has 1 saturated heterocycles. The molecule has 20 heavy (non-hydrogen) atoms. The summed E-state index contributed by atoms with van der Waals surface area (Å²) in [7, 11) is 0. The van der Waals surface area contributed by atoms with Crippen LogP contribution in [0.3, 0.4) is 0 Å². The van der Waals surface area contributed by atoms with Gasteiger partial charge in [-0.2, -0.15) is 0 Å². The minimum absolute atomic E-state index is 0.0694. The molecule has 0 aromatic heterocycles. The highest BCUT2D eigenvalue weighted by atomic mass is 16.7. The van der Waals surface area contributed by atoms with Gasteiger partial charge in [0, 0.05) is 0 Å². The van der Waals surface area contributed by atoms with E-state index in [0.717, 1.165) is 5.56 Å². The van der Waals surface area contributed by atoms with Gasteiger partial charge in [-0.05, 0) is 24.6 Å². The summed E-state index contributed by atoms with van der Waals surface area (Å²) in [6.07, 6.45) is -6.82. The van der Waals surface area contributed by atoms with Crippen LogP contribution in [0.1, 0.15) is 5.56 Å². The van der Waals surface area contributed by atoms with Crippen molar-refractivity contribution in [2.45, 2.75) is 37.6 Å². The van der Waals surface area contributed by atoms with Crippen molar-refractivity contribution < 1.29 is 35.0 Å². The molecule has 1 heterocycles. The van der Waals surface area contributed by atoms with Crippen molar-refractivity contribution in [3.63, 3.8) is 0 Å². The number of aromatic hydroxyl groups is 1. The molecule has 1 fully saturated rings. The van der Waals surface area contributed by atoms with E-state index in [-0.39, 0.29) is 11.5 Å². The summed E-state index contributed by atoms with van der Waals surface area (Å²) >= 11 is 0. The number of ether oxygens (including phenoxy) is 2. The minimum Gasteiger partial charge on any atom is -0.504 e. The third-order valence-corrected chi connectivity index (χ3v) is 3.21. The number of benzene rings is 1. The lowest BCUT2D eigenvalue weighted by Crippen LogP contribution is -2.60. The molecule has 1 aromatic carbocycles. The van der Waals surface area contributed by atoms with Gasteiger partial charge in [-0.1, -0.05) is 6.07 Å². The number of aliphatic hydroxyl groups excluding tert-OH is 4. The lowest BCUT2D eigenvalue weighted by atomic mass is 9.99. The monoisotopic (exact) mass is 286 g/mol. The first-order chi connectivity index (χ1) is 9.43. The molecule has 0 radical (unpaired) electrons. The maximum absolute atomic E-state index is 9.80. The first-order valence-corrected chi connectivity index (χ1v) is 6.21. The number of aliphatic hydroxyl groups is 4. The molecule has 0 bridgehead atoms. The molecule has 112 valence electrons. The van der Waals surface area contributed by atoms with Crippen LogP contribution in [0.25, 0.3) is 0 Å². The molecule has 5 N–H and O–H groups in total. The molecular weight excluding hydrogens is 268 g/mol. The number of aryl methyl sites for hydroxylation is 1. The van der Waals surface area contributed by atoms with E-state index in [0.29, 0.717) is 0 Å². The predicted octanol–water partition coefficient (Wildman–Crippen LogP) is -1.12. The Morgan fingerprint density at radius 3 is 2.45 bits per heavy atom. The van der Waals surface area contributed by atoms with E-state index in [1.165, 1.54) is 12.1 Å². The Bertz CT molecular complexity index is 462. The van der Waals surface area contributed by atoms with E-state index in [9.17, 15) is 20.4 Å². The molecule has 0 spiro atoms. The van der Waals surface area contributed by atoms with Gasteiger partial charge in [0.25, 0.3) is 0 Å². The first kappa shape index (κ1) is 15.0. The fraction of sp³-hybridized carbons (Fsp3) is 0.538. The first-order valence-electron chi connectivity index (χ1n) is 6.21. The quantitative estimate of drug-likeness (QED) is 0.477. The lowest BCUT2D eigenvalue weighted by Gasteiger charge is -2.39. The SMILES string of the molecule is Cc1ccc(O[C@@H]2O[C@H](CO)[C@@H](O)[C@H](O)[C@H]2O)c(O)c1. The Kier molecular flexibility index (Phi) is 4.46. The minimum atomic E-state index is -1.52. The Hall–Kier alpha value is -1.38. The highest BCUT2D eigenvalue weighted by molar-refractivity contribution is 5.41. The van der Waals surface area contributed by atoms with Gasteiger partial charge in [-0.25, -0.2) is 0 Å².